The molecule has 0 bridgehead atoms. The minimum atomic E-state index is -0.355. The van der Waals surface area contributed by atoms with Gasteiger partial charge in [-0.2, -0.15) is 0 Å². The first-order valence-corrected chi connectivity index (χ1v) is 7.48. The standard InChI is InChI=1S/C15H23ClN2O2/c1-4-17-14(9-11(2)3)8-6-12-5-7-13(16)10-15(12)18(19)20/h5,7,10-11,14,17H,4,6,8-9H2,1-3H3. The second-order valence-electron chi connectivity index (χ2n) is 5.45. The molecular weight excluding hydrogens is 276 g/mol. The number of rotatable bonds is 8. The van der Waals surface area contributed by atoms with Crippen molar-refractivity contribution in [2.75, 3.05) is 6.54 Å². The van der Waals surface area contributed by atoms with Crippen molar-refractivity contribution in [2.24, 2.45) is 5.92 Å². The Labute approximate surface area is 125 Å². The van der Waals surface area contributed by atoms with Crippen molar-refractivity contribution in [3.05, 3.63) is 38.9 Å². The van der Waals surface area contributed by atoms with E-state index in [0.717, 1.165) is 24.9 Å². The number of halogens is 1. The molecule has 0 aliphatic carbocycles. The van der Waals surface area contributed by atoms with Crippen LogP contribution in [0, 0.1) is 16.0 Å². The number of aryl methyl sites for hydroxylation is 1. The highest BCUT2D eigenvalue weighted by Gasteiger charge is 2.16. The Morgan fingerprint density at radius 2 is 2.10 bits per heavy atom. The molecule has 0 spiro atoms. The number of nitrogens with one attached hydrogen (secondary N) is 1. The molecule has 0 aliphatic rings. The van der Waals surface area contributed by atoms with Crippen molar-refractivity contribution >= 4 is 17.3 Å². The zero-order chi connectivity index (χ0) is 15.1. The number of nitrogens with zero attached hydrogens (tertiary/aromatic N) is 1. The lowest BCUT2D eigenvalue weighted by Gasteiger charge is -2.19. The Hall–Kier alpha value is -1.13. The van der Waals surface area contributed by atoms with Crippen molar-refractivity contribution in [1.29, 1.82) is 0 Å². The minimum Gasteiger partial charge on any atom is -0.314 e. The third-order valence-corrected chi connectivity index (χ3v) is 3.49. The Kier molecular flexibility index (Phi) is 6.96. The smallest absolute Gasteiger partial charge is 0.274 e. The highest BCUT2D eigenvalue weighted by molar-refractivity contribution is 6.30. The molecule has 1 aromatic rings. The lowest BCUT2D eigenvalue weighted by Crippen LogP contribution is -2.30. The summed E-state index contributed by atoms with van der Waals surface area (Å²) in [6.45, 7) is 7.38. The van der Waals surface area contributed by atoms with E-state index in [1.54, 1.807) is 12.1 Å². The van der Waals surface area contributed by atoms with E-state index >= 15 is 0 Å². The van der Waals surface area contributed by atoms with E-state index in [9.17, 15) is 10.1 Å². The van der Waals surface area contributed by atoms with Gasteiger partial charge in [-0.1, -0.05) is 38.4 Å². The Balaban J connectivity index is 2.74. The Morgan fingerprint density at radius 1 is 1.40 bits per heavy atom. The molecule has 4 nitrogen and oxygen atoms in total. The maximum Gasteiger partial charge on any atom is 0.274 e. The molecule has 0 aromatic heterocycles. The van der Waals surface area contributed by atoms with Crippen LogP contribution in [0.5, 0.6) is 0 Å². The first kappa shape index (κ1) is 16.9. The first-order valence-electron chi connectivity index (χ1n) is 7.10. The third kappa shape index (κ3) is 5.47. The van der Waals surface area contributed by atoms with Crippen LogP contribution in [0.15, 0.2) is 18.2 Å². The van der Waals surface area contributed by atoms with Crippen molar-refractivity contribution in [3.63, 3.8) is 0 Å². The summed E-state index contributed by atoms with van der Waals surface area (Å²) in [5.41, 5.74) is 0.878. The fourth-order valence-corrected chi connectivity index (χ4v) is 2.58. The van der Waals surface area contributed by atoms with E-state index < -0.39 is 0 Å². The minimum absolute atomic E-state index is 0.122. The van der Waals surface area contributed by atoms with E-state index in [2.05, 4.69) is 26.1 Å². The van der Waals surface area contributed by atoms with Crippen LogP contribution in [-0.4, -0.2) is 17.5 Å². The molecule has 1 N–H and O–H groups in total. The van der Waals surface area contributed by atoms with Gasteiger partial charge in [-0.05, 0) is 37.8 Å². The third-order valence-electron chi connectivity index (χ3n) is 3.25. The van der Waals surface area contributed by atoms with Crippen LogP contribution in [-0.2, 0) is 6.42 Å². The van der Waals surface area contributed by atoms with E-state index in [4.69, 9.17) is 11.6 Å². The highest BCUT2D eigenvalue weighted by atomic mass is 35.5. The van der Waals surface area contributed by atoms with Crippen LogP contribution in [0.1, 0.15) is 39.2 Å². The molecule has 0 heterocycles. The molecule has 1 rings (SSSR count). The molecule has 112 valence electrons. The Bertz CT molecular complexity index is 449. The summed E-state index contributed by atoms with van der Waals surface area (Å²) in [4.78, 5) is 10.7. The lowest BCUT2D eigenvalue weighted by atomic mass is 9.97. The van der Waals surface area contributed by atoms with Crippen LogP contribution in [0.4, 0.5) is 5.69 Å². The van der Waals surface area contributed by atoms with Crippen molar-refractivity contribution < 1.29 is 4.92 Å². The first-order chi connectivity index (χ1) is 9.43. The van der Waals surface area contributed by atoms with Gasteiger partial charge in [-0.3, -0.25) is 10.1 Å². The van der Waals surface area contributed by atoms with Gasteiger partial charge in [0.2, 0.25) is 0 Å². The van der Waals surface area contributed by atoms with Gasteiger partial charge in [0.25, 0.3) is 5.69 Å². The Morgan fingerprint density at radius 3 is 2.65 bits per heavy atom. The molecule has 20 heavy (non-hydrogen) atoms. The van der Waals surface area contributed by atoms with Gasteiger partial charge in [0, 0.05) is 22.7 Å². The maximum absolute atomic E-state index is 11.1. The van der Waals surface area contributed by atoms with Crippen LogP contribution in [0.25, 0.3) is 0 Å². The second kappa shape index (κ2) is 8.22. The van der Waals surface area contributed by atoms with Gasteiger partial charge < -0.3 is 5.32 Å². The number of nitro groups is 1. The highest BCUT2D eigenvalue weighted by Crippen LogP contribution is 2.25. The van der Waals surface area contributed by atoms with Crippen molar-refractivity contribution in [3.8, 4) is 0 Å². The van der Waals surface area contributed by atoms with Gasteiger partial charge in [-0.15, -0.1) is 0 Å². The van der Waals surface area contributed by atoms with Crippen molar-refractivity contribution in [1.82, 2.24) is 5.32 Å². The number of nitro benzene ring substituents is 1. The lowest BCUT2D eigenvalue weighted by molar-refractivity contribution is -0.385. The molecule has 0 saturated heterocycles. The molecule has 0 amide bonds. The molecule has 1 aromatic carbocycles. The average molecular weight is 299 g/mol. The second-order valence-corrected chi connectivity index (χ2v) is 5.89. The van der Waals surface area contributed by atoms with E-state index in [-0.39, 0.29) is 10.6 Å². The molecule has 5 heteroatoms. The van der Waals surface area contributed by atoms with E-state index in [1.807, 2.05) is 0 Å². The summed E-state index contributed by atoms with van der Waals surface area (Å²) in [6, 6.07) is 5.31. The predicted octanol–water partition coefficient (Wildman–Crippen LogP) is 4.21. The SMILES string of the molecule is CCNC(CCc1ccc(Cl)cc1[N+](=O)[O-])CC(C)C. The zero-order valence-electron chi connectivity index (χ0n) is 12.4. The molecule has 0 radical (unpaired) electrons. The number of hydrogen-bond donors (Lipinski definition) is 1. The van der Waals surface area contributed by atoms with Gasteiger partial charge in [-0.25, -0.2) is 0 Å². The molecule has 1 atom stereocenters. The monoisotopic (exact) mass is 298 g/mol. The summed E-state index contributed by atoms with van der Waals surface area (Å²) in [7, 11) is 0. The summed E-state index contributed by atoms with van der Waals surface area (Å²) in [5.74, 6) is 0.610. The van der Waals surface area contributed by atoms with Crippen LogP contribution in [0.2, 0.25) is 5.02 Å². The van der Waals surface area contributed by atoms with Gasteiger partial charge in [0.15, 0.2) is 0 Å². The molecule has 1 unspecified atom stereocenters. The van der Waals surface area contributed by atoms with Crippen LogP contribution < -0.4 is 5.32 Å². The largest absolute Gasteiger partial charge is 0.314 e. The fraction of sp³-hybridized carbons (Fsp3) is 0.600. The maximum atomic E-state index is 11.1. The summed E-state index contributed by atoms with van der Waals surface area (Å²) < 4.78 is 0. The average Bonchev–Trinajstić information content (AvgIpc) is 2.36. The quantitative estimate of drug-likeness (QED) is 0.578. The van der Waals surface area contributed by atoms with Crippen LogP contribution in [0.3, 0.4) is 0 Å². The van der Waals surface area contributed by atoms with E-state index in [1.165, 1.54) is 6.07 Å². The van der Waals surface area contributed by atoms with E-state index in [0.29, 0.717) is 23.4 Å². The molecule has 0 aliphatic heterocycles. The van der Waals surface area contributed by atoms with Gasteiger partial charge >= 0.3 is 0 Å². The number of benzene rings is 1. The van der Waals surface area contributed by atoms with Crippen LogP contribution >= 0.6 is 11.6 Å². The normalized spacial score (nSPS) is 12.7. The topological polar surface area (TPSA) is 55.2 Å². The number of hydrogen-bond acceptors (Lipinski definition) is 3. The van der Waals surface area contributed by atoms with Gasteiger partial charge in [0.05, 0.1) is 4.92 Å². The molecule has 0 saturated carbocycles. The summed E-state index contributed by atoms with van der Waals surface area (Å²) >= 11 is 5.83. The summed E-state index contributed by atoms with van der Waals surface area (Å²) in [6.07, 6.45) is 2.67. The zero-order valence-corrected chi connectivity index (χ0v) is 13.1. The fourth-order valence-electron chi connectivity index (χ4n) is 2.41. The predicted molar refractivity (Wildman–Crippen MR) is 83.3 cm³/mol. The summed E-state index contributed by atoms with van der Waals surface area (Å²) in [5, 5.41) is 14.9. The molecular formula is C15H23ClN2O2. The molecule has 0 fully saturated rings. The van der Waals surface area contributed by atoms with Crippen molar-refractivity contribution in [2.45, 2.75) is 46.1 Å². The van der Waals surface area contributed by atoms with Gasteiger partial charge in [0.1, 0.15) is 0 Å².